The first-order chi connectivity index (χ1) is 29.2. The number of thiophene rings is 1. The van der Waals surface area contributed by atoms with Crippen molar-refractivity contribution in [2.24, 2.45) is 0 Å². The summed E-state index contributed by atoms with van der Waals surface area (Å²) in [6, 6.07) is 43.4. The molecule has 1 aliphatic carbocycles. The van der Waals surface area contributed by atoms with Crippen LogP contribution in [0.15, 0.2) is 109 Å². The van der Waals surface area contributed by atoms with Gasteiger partial charge in [0.05, 0.1) is 17.1 Å². The molecule has 4 heteroatoms. The van der Waals surface area contributed by atoms with E-state index in [9.17, 15) is 0 Å². The SMILES string of the molecule is Cc1ccc2sc3c(c2c1)N(c1ccc(C(C)(C)C)cc1-c1ccccc1)c1cc(C(C)(C)C)cc2c1B3c1ccc3c4c1N2c1ccc(C(C)(C)C)cc1C4(C)CCC3(C)C. The monoisotopic (exact) mass is 828 g/mol. The normalized spacial score (nSPS) is 18.4. The lowest BCUT2D eigenvalue weighted by molar-refractivity contribution is 0.348. The van der Waals surface area contributed by atoms with Crippen LogP contribution in [-0.2, 0) is 27.1 Å². The van der Waals surface area contributed by atoms with Crippen LogP contribution in [0.1, 0.15) is 135 Å². The van der Waals surface area contributed by atoms with Gasteiger partial charge in [-0.25, -0.2) is 0 Å². The quantitative estimate of drug-likeness (QED) is 0.160. The third-order valence-electron chi connectivity index (χ3n) is 15.3. The Hall–Kier alpha value is -5.06. The minimum Gasteiger partial charge on any atom is -0.311 e. The van der Waals surface area contributed by atoms with Crippen molar-refractivity contribution in [2.45, 2.75) is 130 Å². The summed E-state index contributed by atoms with van der Waals surface area (Å²) in [5.74, 6) is 0. The molecule has 0 bridgehead atoms. The molecule has 1 atom stereocenters. The molecule has 11 rings (SSSR count). The molecule has 0 spiro atoms. The van der Waals surface area contributed by atoms with Gasteiger partial charge in [0.15, 0.2) is 0 Å². The summed E-state index contributed by atoms with van der Waals surface area (Å²) in [6.07, 6.45) is 2.30. The van der Waals surface area contributed by atoms with Crippen LogP contribution in [0, 0.1) is 6.92 Å². The van der Waals surface area contributed by atoms with Gasteiger partial charge in [-0.1, -0.05) is 155 Å². The number of hydrogen-bond donors (Lipinski definition) is 0. The van der Waals surface area contributed by atoms with Gasteiger partial charge in [0, 0.05) is 42.9 Å². The van der Waals surface area contributed by atoms with Gasteiger partial charge in [0.2, 0.25) is 0 Å². The summed E-state index contributed by atoms with van der Waals surface area (Å²) >= 11 is 2.01. The van der Waals surface area contributed by atoms with E-state index in [1.807, 2.05) is 11.3 Å². The van der Waals surface area contributed by atoms with Crippen molar-refractivity contribution in [1.82, 2.24) is 0 Å². The third-order valence-corrected chi connectivity index (χ3v) is 16.5. The van der Waals surface area contributed by atoms with Crippen molar-refractivity contribution in [3.05, 3.63) is 148 Å². The molecule has 0 fully saturated rings. The molecule has 0 amide bonds. The number of benzene rings is 6. The molecule has 4 aliphatic rings. The Morgan fingerprint density at radius 1 is 0.565 bits per heavy atom. The van der Waals surface area contributed by atoms with Crippen LogP contribution in [0.4, 0.5) is 34.1 Å². The Balaban J connectivity index is 1.31. The van der Waals surface area contributed by atoms with Crippen molar-refractivity contribution in [1.29, 1.82) is 0 Å². The van der Waals surface area contributed by atoms with Crippen molar-refractivity contribution in [3.63, 3.8) is 0 Å². The summed E-state index contributed by atoms with van der Waals surface area (Å²) in [7, 11) is 0. The summed E-state index contributed by atoms with van der Waals surface area (Å²) in [5.41, 5.74) is 23.3. The van der Waals surface area contributed by atoms with Gasteiger partial charge in [-0.3, -0.25) is 0 Å². The Kier molecular flexibility index (Phi) is 8.20. The molecule has 2 nitrogen and oxygen atoms in total. The van der Waals surface area contributed by atoms with Crippen LogP contribution in [-0.4, -0.2) is 6.71 Å². The van der Waals surface area contributed by atoms with Gasteiger partial charge in [0.25, 0.3) is 6.71 Å². The molecular weight excluding hydrogens is 768 g/mol. The van der Waals surface area contributed by atoms with E-state index in [1.54, 1.807) is 5.56 Å². The standard InChI is InChI=1S/C58H61BN2S/c1-34-19-26-48-40(29-34)51-53(62-48)59-43-23-22-41-49-52(43)61(45-25-21-37(55(5,6)7)31-42(45)58(49,13)28-27-57(41,11)12)47-33-38(56(8,9)10)32-46(50(47)59)60(51)44-24-20-36(54(2,3)4)30-39(44)35-17-15-14-16-18-35/h14-26,29-33H,27-28H2,1-13H3. The number of rotatable bonds is 2. The molecule has 0 saturated heterocycles. The van der Waals surface area contributed by atoms with Gasteiger partial charge in [-0.2, -0.15) is 0 Å². The minimum atomic E-state index is -0.106. The number of anilines is 6. The van der Waals surface area contributed by atoms with Gasteiger partial charge in [-0.05, 0) is 134 Å². The zero-order valence-corrected chi connectivity index (χ0v) is 40.0. The summed E-state index contributed by atoms with van der Waals surface area (Å²) < 4.78 is 2.80. The van der Waals surface area contributed by atoms with E-state index in [4.69, 9.17) is 0 Å². The fourth-order valence-corrected chi connectivity index (χ4v) is 12.8. The van der Waals surface area contributed by atoms with Crippen LogP contribution >= 0.6 is 11.3 Å². The predicted octanol–water partition coefficient (Wildman–Crippen LogP) is 14.5. The fraction of sp³-hybridized carbons (Fsp3) is 0.345. The highest BCUT2D eigenvalue weighted by molar-refractivity contribution is 7.33. The third kappa shape index (κ3) is 5.54. The zero-order valence-electron chi connectivity index (χ0n) is 39.2. The highest BCUT2D eigenvalue weighted by Crippen LogP contribution is 2.62. The molecular formula is C58H61BN2S. The molecule has 0 saturated carbocycles. The second-order valence-electron chi connectivity index (χ2n) is 23.1. The van der Waals surface area contributed by atoms with E-state index in [-0.39, 0.29) is 33.8 Å². The van der Waals surface area contributed by atoms with Crippen molar-refractivity contribution < 1.29 is 0 Å². The first-order valence-corrected chi connectivity index (χ1v) is 23.8. The molecule has 0 N–H and O–H groups in total. The van der Waals surface area contributed by atoms with Crippen molar-refractivity contribution >= 4 is 78.0 Å². The first-order valence-electron chi connectivity index (χ1n) is 23.0. The molecule has 312 valence electrons. The average molecular weight is 829 g/mol. The minimum absolute atomic E-state index is 0.00184. The highest BCUT2D eigenvalue weighted by atomic mass is 32.1. The van der Waals surface area contributed by atoms with Gasteiger partial charge in [-0.15, -0.1) is 11.3 Å². The van der Waals surface area contributed by atoms with E-state index < -0.39 is 0 Å². The first kappa shape index (κ1) is 39.8. The average Bonchev–Trinajstić information content (AvgIpc) is 3.59. The Morgan fingerprint density at radius 3 is 1.85 bits per heavy atom. The van der Waals surface area contributed by atoms with Crippen LogP contribution in [0.3, 0.4) is 0 Å². The van der Waals surface area contributed by atoms with Crippen LogP contribution < -0.4 is 25.5 Å². The lowest BCUT2D eigenvalue weighted by Gasteiger charge is -2.54. The van der Waals surface area contributed by atoms with E-state index in [1.165, 1.54) is 111 Å². The summed E-state index contributed by atoms with van der Waals surface area (Å²) in [4.78, 5) is 5.46. The number of hydrogen-bond acceptors (Lipinski definition) is 3. The smallest absolute Gasteiger partial charge is 0.264 e. The lowest BCUT2D eigenvalue weighted by Crippen LogP contribution is -2.62. The molecule has 62 heavy (non-hydrogen) atoms. The predicted molar refractivity (Wildman–Crippen MR) is 271 cm³/mol. The van der Waals surface area contributed by atoms with Gasteiger partial charge < -0.3 is 9.80 Å². The molecule has 7 aromatic rings. The Bertz CT molecular complexity index is 3040. The lowest BCUT2D eigenvalue weighted by atomic mass is 9.35. The van der Waals surface area contributed by atoms with Crippen LogP contribution in [0.5, 0.6) is 0 Å². The maximum absolute atomic E-state index is 2.76. The number of nitrogens with zero attached hydrogens (tertiary/aromatic N) is 2. The molecule has 6 aromatic carbocycles. The van der Waals surface area contributed by atoms with Crippen LogP contribution in [0.25, 0.3) is 21.2 Å². The van der Waals surface area contributed by atoms with E-state index in [2.05, 4.69) is 209 Å². The maximum Gasteiger partial charge on any atom is 0.264 e. The molecule has 1 aromatic heterocycles. The second kappa shape index (κ2) is 12.8. The largest absolute Gasteiger partial charge is 0.311 e. The number of aryl methyl sites for hydroxylation is 1. The van der Waals surface area contributed by atoms with Crippen molar-refractivity contribution in [3.8, 4) is 11.1 Å². The molecule has 3 aliphatic heterocycles. The van der Waals surface area contributed by atoms with E-state index >= 15 is 0 Å². The fourth-order valence-electron chi connectivity index (χ4n) is 11.5. The highest BCUT2D eigenvalue weighted by Gasteiger charge is 2.54. The maximum atomic E-state index is 2.76. The summed E-state index contributed by atoms with van der Waals surface area (Å²) in [5, 5.41) is 1.34. The van der Waals surface area contributed by atoms with Crippen LogP contribution in [0.2, 0.25) is 0 Å². The Morgan fingerprint density at radius 2 is 1.19 bits per heavy atom. The zero-order chi connectivity index (χ0) is 43.6. The van der Waals surface area contributed by atoms with Gasteiger partial charge in [0.1, 0.15) is 0 Å². The van der Waals surface area contributed by atoms with Crippen molar-refractivity contribution in [2.75, 3.05) is 9.80 Å². The molecule has 0 radical (unpaired) electrons. The number of fused-ring (bicyclic) bond motifs is 9. The topological polar surface area (TPSA) is 6.48 Å². The van der Waals surface area contributed by atoms with E-state index in [0.29, 0.717) is 0 Å². The Labute approximate surface area is 375 Å². The second-order valence-corrected chi connectivity index (χ2v) is 24.2. The van der Waals surface area contributed by atoms with E-state index in [0.717, 1.165) is 6.42 Å². The molecule has 4 heterocycles. The molecule has 1 unspecified atom stereocenters. The van der Waals surface area contributed by atoms with Gasteiger partial charge >= 0.3 is 0 Å². The summed E-state index contributed by atoms with van der Waals surface area (Å²) in [6.45, 7) is 31.2.